The van der Waals surface area contributed by atoms with E-state index in [9.17, 15) is 35.2 Å². The lowest BCUT2D eigenvalue weighted by Crippen LogP contribution is -2.46. The van der Waals surface area contributed by atoms with E-state index in [0.29, 0.717) is 11.3 Å². The van der Waals surface area contributed by atoms with Crippen molar-refractivity contribution in [2.24, 2.45) is 9.98 Å². The Kier molecular flexibility index (Phi) is 8.99. The Morgan fingerprint density at radius 1 is 1.18 bits per heavy atom. The van der Waals surface area contributed by atoms with E-state index in [4.69, 9.17) is 0 Å². The van der Waals surface area contributed by atoms with Crippen LogP contribution in [0, 0.1) is 5.82 Å². The number of alkyl halides is 4. The number of hydrogen-bond acceptors (Lipinski definition) is 6. The van der Waals surface area contributed by atoms with E-state index in [-0.39, 0.29) is 23.6 Å². The van der Waals surface area contributed by atoms with Gasteiger partial charge in [-0.1, -0.05) is 0 Å². The Morgan fingerprint density at radius 3 is 2.37 bits per heavy atom. The van der Waals surface area contributed by atoms with Crippen LogP contribution in [0.4, 0.5) is 22.0 Å². The largest absolute Gasteiger partial charge is 0.573 e. The maximum Gasteiger partial charge on any atom is 0.573 e. The molecule has 0 aliphatic carbocycles. The highest BCUT2D eigenvalue weighted by molar-refractivity contribution is 7.89. The number of rotatable bonds is 9. The number of sulfonamides is 1. The zero-order valence-electron chi connectivity index (χ0n) is 20.0. The zero-order chi connectivity index (χ0) is 28.1. The first-order valence-corrected chi connectivity index (χ1v) is 12.5. The molecule has 1 N–H and O–H groups in total. The van der Waals surface area contributed by atoms with Crippen LogP contribution < -0.4 is 10.1 Å². The zero-order valence-corrected chi connectivity index (χ0v) is 20.8. The number of hydrogen-bond donors (Lipinski definition) is 1. The summed E-state index contributed by atoms with van der Waals surface area (Å²) < 4.78 is 95.1. The van der Waals surface area contributed by atoms with Crippen molar-refractivity contribution in [3.8, 4) is 5.75 Å². The van der Waals surface area contributed by atoms with Crippen LogP contribution in [0.15, 0.2) is 75.2 Å². The fraction of sp³-hybridized carbons (Fsp3) is 0.292. The van der Waals surface area contributed by atoms with Gasteiger partial charge in [0.1, 0.15) is 23.8 Å². The van der Waals surface area contributed by atoms with Gasteiger partial charge in [-0.3, -0.25) is 14.8 Å². The quantitative estimate of drug-likeness (QED) is 0.375. The van der Waals surface area contributed by atoms with Crippen molar-refractivity contribution in [1.82, 2.24) is 9.62 Å². The van der Waals surface area contributed by atoms with Gasteiger partial charge in [0.15, 0.2) is 0 Å². The maximum absolute atomic E-state index is 14.2. The molecule has 0 bridgehead atoms. The van der Waals surface area contributed by atoms with Crippen LogP contribution in [0.2, 0.25) is 0 Å². The third-order valence-electron chi connectivity index (χ3n) is 5.50. The minimum absolute atomic E-state index is 0.192. The van der Waals surface area contributed by atoms with Crippen LogP contribution >= 0.6 is 0 Å². The molecule has 0 radical (unpaired) electrons. The van der Waals surface area contributed by atoms with Crippen LogP contribution in [0.3, 0.4) is 0 Å². The minimum Gasteiger partial charge on any atom is -0.406 e. The summed E-state index contributed by atoms with van der Waals surface area (Å²) in [6, 6.07) is 7.49. The summed E-state index contributed by atoms with van der Waals surface area (Å²) >= 11 is 0. The Labute approximate surface area is 215 Å². The Morgan fingerprint density at radius 2 is 1.82 bits per heavy atom. The SMILES string of the molecule is C=N/C(=C\C(=N/C)c1ccc(OC(F)(F)F)cc1)CNC(=O)[C@@H]1C[C@@H](F)CN1S(=O)(=O)c1ccc(F)cc1. The van der Waals surface area contributed by atoms with Crippen molar-refractivity contribution in [2.45, 2.75) is 29.9 Å². The van der Waals surface area contributed by atoms with Gasteiger partial charge in [-0.2, -0.15) is 4.31 Å². The molecule has 1 aliphatic rings. The summed E-state index contributed by atoms with van der Waals surface area (Å²) in [5.74, 6) is -1.85. The predicted molar refractivity (Wildman–Crippen MR) is 130 cm³/mol. The van der Waals surface area contributed by atoms with Crippen molar-refractivity contribution >= 4 is 28.4 Å². The molecule has 3 rings (SSSR count). The van der Waals surface area contributed by atoms with Gasteiger partial charge in [0.2, 0.25) is 15.9 Å². The molecule has 1 heterocycles. The molecule has 1 fully saturated rings. The van der Waals surface area contributed by atoms with Crippen molar-refractivity contribution in [3.63, 3.8) is 0 Å². The molecule has 2 aromatic carbocycles. The van der Waals surface area contributed by atoms with E-state index in [2.05, 4.69) is 26.8 Å². The first kappa shape index (κ1) is 28.9. The summed E-state index contributed by atoms with van der Waals surface area (Å²) in [5.41, 5.74) is 0.907. The van der Waals surface area contributed by atoms with Crippen molar-refractivity contribution in [1.29, 1.82) is 0 Å². The second-order valence-electron chi connectivity index (χ2n) is 8.07. The Balaban J connectivity index is 1.72. The molecule has 0 unspecified atom stereocenters. The molecule has 1 aliphatic heterocycles. The summed E-state index contributed by atoms with van der Waals surface area (Å²) in [5, 5.41) is 2.50. The van der Waals surface area contributed by atoms with Gasteiger partial charge in [-0.25, -0.2) is 17.2 Å². The van der Waals surface area contributed by atoms with E-state index in [1.807, 2.05) is 0 Å². The number of allylic oxidation sites excluding steroid dienone is 1. The number of carbonyl (C=O) groups excluding carboxylic acids is 1. The van der Waals surface area contributed by atoms with Crippen LogP contribution in [0.25, 0.3) is 0 Å². The Bertz CT molecular complexity index is 1330. The number of nitrogens with one attached hydrogen (secondary N) is 1. The minimum atomic E-state index is -4.84. The van der Waals surface area contributed by atoms with Crippen LogP contribution in [-0.4, -0.2) is 69.8 Å². The second kappa shape index (κ2) is 11.8. The highest BCUT2D eigenvalue weighted by atomic mass is 32.2. The summed E-state index contributed by atoms with van der Waals surface area (Å²) in [6.07, 6.45) is -5.37. The fourth-order valence-electron chi connectivity index (χ4n) is 3.71. The van der Waals surface area contributed by atoms with E-state index in [1.54, 1.807) is 0 Å². The van der Waals surface area contributed by atoms with Crippen molar-refractivity contribution < 1.29 is 39.9 Å². The molecule has 0 saturated carbocycles. The predicted octanol–water partition coefficient (Wildman–Crippen LogP) is 3.65. The topological polar surface area (TPSA) is 100 Å². The first-order chi connectivity index (χ1) is 17.8. The van der Waals surface area contributed by atoms with Gasteiger partial charge in [-0.15, -0.1) is 13.2 Å². The molecule has 1 amide bonds. The first-order valence-electron chi connectivity index (χ1n) is 11.0. The van der Waals surface area contributed by atoms with E-state index in [1.165, 1.54) is 25.3 Å². The van der Waals surface area contributed by atoms with Gasteiger partial charge in [0.05, 0.1) is 22.8 Å². The van der Waals surface area contributed by atoms with E-state index in [0.717, 1.165) is 40.7 Å². The molecule has 2 aromatic rings. The molecule has 38 heavy (non-hydrogen) atoms. The van der Waals surface area contributed by atoms with Gasteiger partial charge in [0.25, 0.3) is 0 Å². The van der Waals surface area contributed by atoms with Crippen molar-refractivity contribution in [3.05, 3.63) is 71.7 Å². The number of halogens is 5. The van der Waals surface area contributed by atoms with Gasteiger partial charge >= 0.3 is 6.36 Å². The molecule has 8 nitrogen and oxygen atoms in total. The van der Waals surface area contributed by atoms with Crippen LogP contribution in [-0.2, 0) is 14.8 Å². The number of carbonyl (C=O) groups is 1. The summed E-state index contributed by atoms with van der Waals surface area (Å²) in [6.45, 7) is 2.65. The maximum atomic E-state index is 14.2. The molecule has 14 heteroatoms. The lowest BCUT2D eigenvalue weighted by Gasteiger charge is -2.23. The van der Waals surface area contributed by atoms with E-state index < -0.39 is 52.6 Å². The fourth-order valence-corrected chi connectivity index (χ4v) is 5.34. The molecule has 1 saturated heterocycles. The standard InChI is InChI=1S/C24H23F5N4O4S/c1-30-18(12-21(31-2)15-3-7-19(8-4-15)37-24(27,28)29)13-32-23(34)22-11-17(26)14-33(22)38(35,36)20-9-5-16(25)6-10-20/h3-10,12,17,22H,1,11,13-14H2,2H3,(H,32,34)/b18-12-,31-21+/t17-,22+/m1/s1. The number of ether oxygens (including phenoxy) is 1. The number of aliphatic imine (C=N–C) groups is 2. The number of nitrogens with zero attached hydrogens (tertiary/aromatic N) is 3. The molecular formula is C24H23F5N4O4S. The third kappa shape index (κ3) is 7.22. The summed E-state index contributed by atoms with van der Waals surface area (Å²) in [7, 11) is -2.85. The highest BCUT2D eigenvalue weighted by Gasteiger charge is 2.44. The average molecular weight is 559 g/mol. The third-order valence-corrected chi connectivity index (χ3v) is 7.39. The number of amides is 1. The number of benzene rings is 2. The second-order valence-corrected chi connectivity index (χ2v) is 9.96. The summed E-state index contributed by atoms with van der Waals surface area (Å²) in [4.78, 5) is 20.4. The average Bonchev–Trinajstić information content (AvgIpc) is 3.27. The molecule has 0 spiro atoms. The smallest absolute Gasteiger partial charge is 0.406 e. The highest BCUT2D eigenvalue weighted by Crippen LogP contribution is 2.28. The van der Waals surface area contributed by atoms with Gasteiger partial charge < -0.3 is 10.1 Å². The lowest BCUT2D eigenvalue weighted by atomic mass is 10.1. The molecule has 204 valence electrons. The van der Waals surface area contributed by atoms with Crippen LogP contribution in [0.5, 0.6) is 5.75 Å². The monoisotopic (exact) mass is 558 g/mol. The lowest BCUT2D eigenvalue weighted by molar-refractivity contribution is -0.274. The normalized spacial score (nSPS) is 19.3. The Hall–Kier alpha value is -3.65. The van der Waals surface area contributed by atoms with E-state index >= 15 is 0 Å². The van der Waals surface area contributed by atoms with Crippen LogP contribution in [0.1, 0.15) is 12.0 Å². The molecular weight excluding hydrogens is 535 g/mol. The molecule has 0 aromatic heterocycles. The molecule has 2 atom stereocenters. The van der Waals surface area contributed by atoms with Crippen molar-refractivity contribution in [2.75, 3.05) is 20.1 Å². The van der Waals surface area contributed by atoms with Gasteiger partial charge in [0, 0.05) is 20.0 Å². The van der Waals surface area contributed by atoms with Gasteiger partial charge in [-0.05, 0) is 66.9 Å².